The Kier molecular flexibility index (Phi) is 2.53. The minimum absolute atomic E-state index is 0.170. The molecule has 3 saturated heterocycles. The molecule has 4 rings (SSSR count). The van der Waals surface area contributed by atoms with Crippen molar-refractivity contribution in [1.29, 1.82) is 0 Å². The number of hydrogen-bond donors (Lipinski definition) is 1. The Hall–Kier alpha value is -0.610. The second kappa shape index (κ2) is 3.95. The summed E-state index contributed by atoms with van der Waals surface area (Å²) in [6, 6.07) is 1.35. The molecule has 2 atom stereocenters. The standard InChI is InChI=1S/C15H25N3O/c1-10(2)18-8-15(9-18)5-6-17(7-15)14(19)13-12(16-13)11-3-4-11/h10-13,16H,3-9H2,1-2H3/t12-,13+/m0/s1. The molecule has 1 saturated carbocycles. The topological polar surface area (TPSA) is 45.5 Å². The number of likely N-dealkylation sites (tertiary alicyclic amines) is 2. The summed E-state index contributed by atoms with van der Waals surface area (Å²) >= 11 is 0. The molecule has 106 valence electrons. The molecular formula is C15H25N3O. The zero-order chi connectivity index (χ0) is 13.2. The van der Waals surface area contributed by atoms with Gasteiger partial charge in [0.25, 0.3) is 0 Å². The van der Waals surface area contributed by atoms with Crippen LogP contribution in [0.3, 0.4) is 0 Å². The number of carbonyl (C=O) groups is 1. The maximum absolute atomic E-state index is 12.4. The van der Waals surface area contributed by atoms with Crippen LogP contribution in [0.15, 0.2) is 0 Å². The first kappa shape index (κ1) is 12.2. The lowest BCUT2D eigenvalue weighted by Crippen LogP contribution is -2.59. The van der Waals surface area contributed by atoms with Crippen LogP contribution in [0.1, 0.15) is 33.1 Å². The van der Waals surface area contributed by atoms with E-state index in [0.29, 0.717) is 23.4 Å². The van der Waals surface area contributed by atoms with E-state index < -0.39 is 0 Å². The summed E-state index contributed by atoms with van der Waals surface area (Å²) in [5.74, 6) is 1.20. The molecule has 4 heteroatoms. The first-order valence-electron chi connectivity index (χ1n) is 7.87. The highest BCUT2D eigenvalue weighted by atomic mass is 16.2. The van der Waals surface area contributed by atoms with Crippen LogP contribution in [-0.4, -0.2) is 60.0 Å². The van der Waals surface area contributed by atoms with E-state index in [0.717, 1.165) is 19.0 Å². The van der Waals surface area contributed by atoms with Crippen LogP contribution in [0.4, 0.5) is 0 Å². The average molecular weight is 263 g/mol. The van der Waals surface area contributed by atoms with Gasteiger partial charge in [-0.25, -0.2) is 0 Å². The van der Waals surface area contributed by atoms with Crippen LogP contribution in [0.5, 0.6) is 0 Å². The van der Waals surface area contributed by atoms with E-state index in [1.54, 1.807) is 0 Å². The molecule has 19 heavy (non-hydrogen) atoms. The first-order valence-corrected chi connectivity index (χ1v) is 7.87. The zero-order valence-electron chi connectivity index (χ0n) is 12.1. The van der Waals surface area contributed by atoms with E-state index in [2.05, 4.69) is 29.0 Å². The van der Waals surface area contributed by atoms with Crippen molar-refractivity contribution >= 4 is 5.91 Å². The van der Waals surface area contributed by atoms with E-state index in [9.17, 15) is 4.79 Å². The van der Waals surface area contributed by atoms with Crippen molar-refractivity contribution < 1.29 is 4.79 Å². The number of nitrogens with zero attached hydrogens (tertiary/aromatic N) is 2. The van der Waals surface area contributed by atoms with Crippen LogP contribution in [0.25, 0.3) is 0 Å². The van der Waals surface area contributed by atoms with Gasteiger partial charge in [0.2, 0.25) is 5.91 Å². The van der Waals surface area contributed by atoms with Crippen molar-refractivity contribution in [2.24, 2.45) is 11.3 Å². The van der Waals surface area contributed by atoms with E-state index in [1.165, 1.54) is 32.4 Å². The zero-order valence-corrected chi connectivity index (χ0v) is 12.1. The van der Waals surface area contributed by atoms with Crippen LogP contribution in [0, 0.1) is 11.3 Å². The maximum Gasteiger partial charge on any atom is 0.241 e. The van der Waals surface area contributed by atoms with Crippen LogP contribution >= 0.6 is 0 Å². The van der Waals surface area contributed by atoms with Crippen molar-refractivity contribution in [3.05, 3.63) is 0 Å². The van der Waals surface area contributed by atoms with Gasteiger partial charge >= 0.3 is 0 Å². The quantitative estimate of drug-likeness (QED) is 0.762. The Morgan fingerprint density at radius 3 is 2.63 bits per heavy atom. The van der Waals surface area contributed by atoms with Crippen LogP contribution in [0.2, 0.25) is 0 Å². The van der Waals surface area contributed by atoms with Crippen molar-refractivity contribution in [3.8, 4) is 0 Å². The molecule has 0 aromatic carbocycles. The van der Waals surface area contributed by atoms with Gasteiger partial charge < -0.3 is 4.90 Å². The van der Waals surface area contributed by atoms with Gasteiger partial charge in [0.1, 0.15) is 6.04 Å². The lowest BCUT2D eigenvalue weighted by molar-refractivity contribution is -0.131. The van der Waals surface area contributed by atoms with E-state index in [4.69, 9.17) is 0 Å². The highest BCUT2D eigenvalue weighted by Crippen LogP contribution is 2.43. The Bertz CT molecular complexity index is 398. The number of nitrogens with one attached hydrogen (secondary N) is 1. The summed E-state index contributed by atoms with van der Waals surface area (Å²) in [4.78, 5) is 17.1. The van der Waals surface area contributed by atoms with Crippen molar-refractivity contribution in [1.82, 2.24) is 15.1 Å². The van der Waals surface area contributed by atoms with Gasteiger partial charge in [-0.3, -0.25) is 15.0 Å². The minimum Gasteiger partial charge on any atom is -0.341 e. The van der Waals surface area contributed by atoms with E-state index in [1.807, 2.05) is 0 Å². The predicted molar refractivity (Wildman–Crippen MR) is 73.8 cm³/mol. The van der Waals surface area contributed by atoms with Gasteiger partial charge in [0.15, 0.2) is 0 Å². The summed E-state index contributed by atoms with van der Waals surface area (Å²) in [6.07, 6.45) is 3.87. The lowest BCUT2D eigenvalue weighted by atomic mass is 9.78. The van der Waals surface area contributed by atoms with Crippen molar-refractivity contribution in [3.63, 3.8) is 0 Å². The Morgan fingerprint density at radius 1 is 1.26 bits per heavy atom. The fourth-order valence-corrected chi connectivity index (χ4v) is 4.00. The molecule has 4 nitrogen and oxygen atoms in total. The molecule has 4 aliphatic rings. The smallest absolute Gasteiger partial charge is 0.241 e. The largest absolute Gasteiger partial charge is 0.341 e. The SMILES string of the molecule is CC(C)N1CC2(CCN(C(=O)[C@@H]3N[C@H]3C3CC3)C2)C1. The molecule has 3 aliphatic heterocycles. The third kappa shape index (κ3) is 2.00. The van der Waals surface area contributed by atoms with Gasteiger partial charge in [-0.15, -0.1) is 0 Å². The summed E-state index contributed by atoms with van der Waals surface area (Å²) in [7, 11) is 0. The molecule has 0 aromatic rings. The Morgan fingerprint density at radius 2 is 2.00 bits per heavy atom. The molecule has 0 aromatic heterocycles. The highest BCUT2D eigenvalue weighted by molar-refractivity contribution is 5.86. The van der Waals surface area contributed by atoms with Crippen LogP contribution in [-0.2, 0) is 4.79 Å². The highest BCUT2D eigenvalue weighted by Gasteiger charge is 2.55. The van der Waals surface area contributed by atoms with Gasteiger partial charge in [0.05, 0.1) is 0 Å². The Labute approximate surface area is 115 Å². The monoisotopic (exact) mass is 263 g/mol. The number of carbonyl (C=O) groups excluding carboxylic acids is 1. The van der Waals surface area contributed by atoms with Crippen molar-refractivity contribution in [2.75, 3.05) is 26.2 Å². The number of hydrogen-bond acceptors (Lipinski definition) is 3. The molecule has 0 bridgehead atoms. The Balaban J connectivity index is 1.32. The molecular weight excluding hydrogens is 238 g/mol. The molecule has 1 N–H and O–H groups in total. The number of rotatable bonds is 3. The summed E-state index contributed by atoms with van der Waals surface area (Å²) in [6.45, 7) is 8.90. The summed E-state index contributed by atoms with van der Waals surface area (Å²) in [5.41, 5.74) is 0.434. The van der Waals surface area contributed by atoms with Gasteiger partial charge in [0, 0.05) is 43.7 Å². The first-order chi connectivity index (χ1) is 9.08. The fraction of sp³-hybridized carbons (Fsp3) is 0.933. The normalized spacial score (nSPS) is 36.9. The summed E-state index contributed by atoms with van der Waals surface area (Å²) in [5, 5.41) is 3.40. The van der Waals surface area contributed by atoms with Gasteiger partial charge in [-0.2, -0.15) is 0 Å². The third-order valence-corrected chi connectivity index (χ3v) is 5.58. The van der Waals surface area contributed by atoms with E-state index in [-0.39, 0.29) is 6.04 Å². The number of amides is 1. The molecule has 4 fully saturated rings. The second-order valence-electron chi connectivity index (χ2n) is 7.52. The maximum atomic E-state index is 12.4. The average Bonchev–Trinajstić information content (AvgIpc) is 3.19. The molecule has 1 amide bonds. The predicted octanol–water partition coefficient (Wildman–Crippen LogP) is 0.680. The van der Waals surface area contributed by atoms with Gasteiger partial charge in [-0.05, 0) is 39.0 Å². The molecule has 3 heterocycles. The lowest BCUT2D eigenvalue weighted by Gasteiger charge is -2.50. The molecule has 0 unspecified atom stereocenters. The third-order valence-electron chi connectivity index (χ3n) is 5.58. The molecule has 1 spiro atoms. The minimum atomic E-state index is 0.170. The van der Waals surface area contributed by atoms with Crippen molar-refractivity contribution in [2.45, 2.75) is 51.2 Å². The second-order valence-corrected chi connectivity index (χ2v) is 7.52. The van der Waals surface area contributed by atoms with E-state index >= 15 is 0 Å². The van der Waals surface area contributed by atoms with Crippen LogP contribution < -0.4 is 5.32 Å². The molecule has 0 radical (unpaired) electrons. The molecule has 1 aliphatic carbocycles. The summed E-state index contributed by atoms with van der Waals surface area (Å²) < 4.78 is 0. The van der Waals surface area contributed by atoms with Gasteiger partial charge in [-0.1, -0.05) is 0 Å². The fourth-order valence-electron chi connectivity index (χ4n) is 4.00.